The van der Waals surface area contributed by atoms with Gasteiger partial charge < -0.3 is 9.90 Å². The second kappa shape index (κ2) is 8.85. The maximum Gasteiger partial charge on any atom is 1.00 e. The third-order valence-electron chi connectivity index (χ3n) is 3.19. The molecule has 0 radical (unpaired) electrons. The summed E-state index contributed by atoms with van der Waals surface area (Å²) in [5.41, 5.74) is 1.54. The van der Waals surface area contributed by atoms with Crippen LogP contribution in [0.5, 0.6) is 0 Å². The molecule has 0 aromatic heterocycles. The first-order valence-electron chi connectivity index (χ1n) is 6.61. The molecule has 7 heteroatoms. The largest absolute Gasteiger partial charge is 1.00 e. The predicted octanol–water partition coefficient (Wildman–Crippen LogP) is -1.13. The van der Waals surface area contributed by atoms with Gasteiger partial charge in [-0.25, -0.2) is 8.42 Å². The zero-order valence-corrected chi connectivity index (χ0v) is 16.2. The topological polar surface area (TPSA) is 74.3 Å². The Labute approximate surface area is 162 Å². The standard InChI is InChI=1S/C16H15ClO4S.Na/c17-15-7-3-13(4-8-15)11-22(20,21)10-9-12-1-5-14(6-2-12)16(18)19;/h1-8H,9-11H2,(H,18,19);/q;+1/p-1. The molecule has 2 aromatic rings. The number of carbonyl (C=O) groups excluding carboxylic acids is 1. The van der Waals surface area contributed by atoms with Crippen LogP contribution < -0.4 is 34.7 Å². The fourth-order valence-electron chi connectivity index (χ4n) is 1.99. The first-order valence-corrected chi connectivity index (χ1v) is 8.81. The second-order valence-electron chi connectivity index (χ2n) is 4.95. The van der Waals surface area contributed by atoms with Crippen molar-refractivity contribution in [3.63, 3.8) is 0 Å². The normalized spacial score (nSPS) is 10.8. The Bertz CT molecular complexity index is 756. The maximum atomic E-state index is 12.1. The van der Waals surface area contributed by atoms with Crippen molar-refractivity contribution in [3.8, 4) is 0 Å². The van der Waals surface area contributed by atoms with E-state index >= 15 is 0 Å². The summed E-state index contributed by atoms with van der Waals surface area (Å²) >= 11 is 5.76. The van der Waals surface area contributed by atoms with E-state index in [-0.39, 0.29) is 46.6 Å². The number of carbonyl (C=O) groups is 1. The summed E-state index contributed by atoms with van der Waals surface area (Å²) in [6, 6.07) is 12.7. The number of carboxylic acids is 1. The number of benzene rings is 2. The Hall–Kier alpha value is -0.850. The molecule has 0 heterocycles. The van der Waals surface area contributed by atoms with Crippen molar-refractivity contribution in [1.82, 2.24) is 0 Å². The molecule has 0 saturated carbocycles. The van der Waals surface area contributed by atoms with Gasteiger partial charge in [-0.1, -0.05) is 48.0 Å². The van der Waals surface area contributed by atoms with E-state index in [2.05, 4.69) is 0 Å². The number of hydrogen-bond donors (Lipinski definition) is 0. The molecule has 2 rings (SSSR count). The van der Waals surface area contributed by atoms with Gasteiger partial charge in [0.1, 0.15) is 0 Å². The number of hydrogen-bond acceptors (Lipinski definition) is 4. The third kappa shape index (κ3) is 6.65. The van der Waals surface area contributed by atoms with Crippen molar-refractivity contribution in [1.29, 1.82) is 0 Å². The molecule has 0 bridgehead atoms. The van der Waals surface area contributed by atoms with Gasteiger partial charge in [-0.3, -0.25) is 0 Å². The van der Waals surface area contributed by atoms with Crippen molar-refractivity contribution < 1.29 is 47.9 Å². The van der Waals surface area contributed by atoms with Gasteiger partial charge in [-0.15, -0.1) is 0 Å². The monoisotopic (exact) mass is 360 g/mol. The molecule has 0 saturated heterocycles. The van der Waals surface area contributed by atoms with Gasteiger partial charge in [0.05, 0.1) is 17.5 Å². The van der Waals surface area contributed by atoms with Crippen molar-refractivity contribution in [2.24, 2.45) is 0 Å². The van der Waals surface area contributed by atoms with Crippen molar-refractivity contribution in [2.75, 3.05) is 5.75 Å². The van der Waals surface area contributed by atoms with Gasteiger partial charge in [0.15, 0.2) is 9.84 Å². The number of sulfone groups is 1. The molecule has 0 aliphatic heterocycles. The maximum absolute atomic E-state index is 12.1. The molecule has 0 aliphatic rings. The van der Waals surface area contributed by atoms with Gasteiger partial charge in [0.25, 0.3) is 0 Å². The van der Waals surface area contributed by atoms with Crippen LogP contribution >= 0.6 is 11.6 Å². The summed E-state index contributed by atoms with van der Waals surface area (Å²) in [6.45, 7) is 0. The first-order chi connectivity index (χ1) is 10.4. The smallest absolute Gasteiger partial charge is 0.545 e. The Kier molecular flexibility index (Phi) is 7.77. The molecule has 0 unspecified atom stereocenters. The van der Waals surface area contributed by atoms with Crippen LogP contribution in [-0.2, 0) is 22.0 Å². The van der Waals surface area contributed by atoms with E-state index in [9.17, 15) is 18.3 Å². The summed E-state index contributed by atoms with van der Waals surface area (Å²) in [5, 5.41) is 11.2. The minimum Gasteiger partial charge on any atom is -0.545 e. The number of rotatable bonds is 6. The molecule has 0 fully saturated rings. The average Bonchev–Trinajstić information content (AvgIpc) is 2.48. The van der Waals surface area contributed by atoms with E-state index in [1.807, 2.05) is 0 Å². The van der Waals surface area contributed by atoms with E-state index in [0.717, 1.165) is 5.56 Å². The number of carboxylic acid groups (broad SMARTS) is 1. The van der Waals surface area contributed by atoms with Crippen molar-refractivity contribution in [2.45, 2.75) is 12.2 Å². The Morgan fingerprint density at radius 2 is 1.48 bits per heavy atom. The molecule has 0 N–H and O–H groups in total. The van der Waals surface area contributed by atoms with Gasteiger partial charge in [-0.05, 0) is 35.2 Å². The second-order valence-corrected chi connectivity index (χ2v) is 7.57. The minimum absolute atomic E-state index is 0. The molecule has 2 aromatic carbocycles. The number of aryl methyl sites for hydroxylation is 1. The summed E-state index contributed by atoms with van der Waals surface area (Å²) in [5.74, 6) is -1.29. The van der Waals surface area contributed by atoms with Crippen LogP contribution in [0.3, 0.4) is 0 Å². The molecule has 0 atom stereocenters. The number of aromatic carboxylic acids is 1. The van der Waals surface area contributed by atoms with Crippen LogP contribution in [0.25, 0.3) is 0 Å². The average molecular weight is 361 g/mol. The molecule has 0 aliphatic carbocycles. The van der Waals surface area contributed by atoms with Crippen LogP contribution in [0.15, 0.2) is 48.5 Å². The molecule has 0 amide bonds. The number of halogens is 1. The summed E-state index contributed by atoms with van der Waals surface area (Å²) in [4.78, 5) is 10.6. The minimum atomic E-state index is -3.24. The first kappa shape index (κ1) is 20.2. The fourth-order valence-corrected chi connectivity index (χ4v) is 3.50. The molecular formula is C16H14ClNaO4S. The van der Waals surface area contributed by atoms with Gasteiger partial charge >= 0.3 is 29.6 Å². The molecule has 116 valence electrons. The van der Waals surface area contributed by atoms with Gasteiger partial charge in [-0.2, -0.15) is 0 Å². The van der Waals surface area contributed by atoms with E-state index in [1.54, 1.807) is 36.4 Å². The van der Waals surface area contributed by atoms with E-state index in [0.29, 0.717) is 17.0 Å². The van der Waals surface area contributed by atoms with Crippen molar-refractivity contribution in [3.05, 3.63) is 70.2 Å². The van der Waals surface area contributed by atoms with E-state index in [4.69, 9.17) is 11.6 Å². The van der Waals surface area contributed by atoms with Crippen LogP contribution in [0.2, 0.25) is 5.02 Å². The fraction of sp³-hybridized carbons (Fsp3) is 0.188. The van der Waals surface area contributed by atoms with Crippen LogP contribution in [0.4, 0.5) is 0 Å². The molecule has 0 spiro atoms. The summed E-state index contributed by atoms with van der Waals surface area (Å²) in [6.07, 6.45) is 0.337. The van der Waals surface area contributed by atoms with Crippen LogP contribution in [0, 0.1) is 0 Å². The Morgan fingerprint density at radius 1 is 0.957 bits per heavy atom. The SMILES string of the molecule is O=C([O-])c1ccc(CCS(=O)(=O)Cc2ccc(Cl)cc2)cc1.[Na+]. The Morgan fingerprint density at radius 3 is 2.00 bits per heavy atom. The van der Waals surface area contributed by atoms with Crippen molar-refractivity contribution >= 4 is 27.4 Å². The summed E-state index contributed by atoms with van der Waals surface area (Å²) < 4.78 is 24.2. The molecule has 4 nitrogen and oxygen atoms in total. The molecular weight excluding hydrogens is 347 g/mol. The van der Waals surface area contributed by atoms with Crippen LogP contribution in [0.1, 0.15) is 21.5 Å². The molecule has 23 heavy (non-hydrogen) atoms. The quantitative estimate of drug-likeness (QED) is 0.611. The Balaban J connectivity index is 0.00000264. The summed E-state index contributed by atoms with van der Waals surface area (Å²) in [7, 11) is -3.24. The van der Waals surface area contributed by atoms with E-state index in [1.165, 1.54) is 12.1 Å². The zero-order chi connectivity index (χ0) is 16.2. The van der Waals surface area contributed by atoms with Crippen LogP contribution in [-0.4, -0.2) is 20.1 Å². The van der Waals surface area contributed by atoms with E-state index < -0.39 is 15.8 Å². The van der Waals surface area contributed by atoms with Gasteiger partial charge in [0.2, 0.25) is 0 Å². The zero-order valence-electron chi connectivity index (χ0n) is 12.7. The van der Waals surface area contributed by atoms with Gasteiger partial charge in [0, 0.05) is 5.02 Å². The third-order valence-corrected chi connectivity index (χ3v) is 5.04. The predicted molar refractivity (Wildman–Crippen MR) is 83.4 cm³/mol.